The van der Waals surface area contributed by atoms with Crippen molar-refractivity contribution in [2.45, 2.75) is 0 Å². The Bertz CT molecular complexity index is 736. The van der Waals surface area contributed by atoms with Crippen LogP contribution in [0.25, 0.3) is 10.4 Å². The number of benzene rings is 1. The van der Waals surface area contributed by atoms with Crippen molar-refractivity contribution < 1.29 is 9.21 Å². The Hall–Kier alpha value is -1.92. The molecule has 0 saturated heterocycles. The van der Waals surface area contributed by atoms with Crippen molar-refractivity contribution in [2.75, 3.05) is 5.32 Å². The van der Waals surface area contributed by atoms with Gasteiger partial charge in [0.15, 0.2) is 15.6 Å². The van der Waals surface area contributed by atoms with Crippen LogP contribution in [0.5, 0.6) is 0 Å². The van der Waals surface area contributed by atoms with Gasteiger partial charge in [-0.25, -0.2) is 4.98 Å². The van der Waals surface area contributed by atoms with Crippen LogP contribution < -0.4 is 5.32 Å². The van der Waals surface area contributed by atoms with E-state index >= 15 is 0 Å². The van der Waals surface area contributed by atoms with Crippen LogP contribution in [-0.4, -0.2) is 10.9 Å². The average molecular weight is 349 g/mol. The summed E-state index contributed by atoms with van der Waals surface area (Å²) >= 11 is 4.58. The summed E-state index contributed by atoms with van der Waals surface area (Å²) < 4.78 is 5.71. The number of thiazole rings is 1. The molecule has 4 nitrogen and oxygen atoms in total. The Morgan fingerprint density at radius 3 is 2.70 bits per heavy atom. The zero-order valence-corrected chi connectivity index (χ0v) is 12.6. The molecule has 3 aromatic rings. The van der Waals surface area contributed by atoms with Crippen molar-refractivity contribution in [1.82, 2.24) is 4.98 Å². The highest BCUT2D eigenvalue weighted by Gasteiger charge is 2.13. The number of furan rings is 1. The van der Waals surface area contributed by atoms with E-state index in [0.29, 0.717) is 9.80 Å². The second-order valence-corrected chi connectivity index (χ2v) is 5.77. The average Bonchev–Trinajstić information content (AvgIpc) is 3.09. The van der Waals surface area contributed by atoms with Crippen LogP contribution in [-0.2, 0) is 0 Å². The van der Waals surface area contributed by atoms with Gasteiger partial charge in [-0.15, -0.1) is 0 Å². The third-order valence-corrected chi connectivity index (χ3v) is 3.97. The summed E-state index contributed by atoms with van der Waals surface area (Å²) in [6.07, 6.45) is 1.74. The molecular weight excluding hydrogens is 340 g/mol. The third kappa shape index (κ3) is 2.81. The minimum absolute atomic E-state index is 0.244. The van der Waals surface area contributed by atoms with Gasteiger partial charge in [-0.1, -0.05) is 41.7 Å². The predicted octanol–water partition coefficient (Wildman–Crippen LogP) is 4.42. The quantitative estimate of drug-likeness (QED) is 0.762. The Morgan fingerprint density at radius 2 is 2.00 bits per heavy atom. The first-order valence-corrected chi connectivity index (χ1v) is 7.41. The lowest BCUT2D eigenvalue weighted by Crippen LogP contribution is -2.10. The molecular formula is C14H9BrN2O2S. The van der Waals surface area contributed by atoms with Gasteiger partial charge in [-0.2, -0.15) is 0 Å². The standard InChI is InChI=1S/C14H9BrN2O2S/c15-12-7-6-10(19-12)13(18)17-14-16-8-11(20-14)9-4-2-1-3-5-9/h1-8H,(H,16,17,18). The van der Waals surface area contributed by atoms with E-state index in [-0.39, 0.29) is 11.7 Å². The number of hydrogen-bond acceptors (Lipinski definition) is 4. The van der Waals surface area contributed by atoms with Crippen molar-refractivity contribution in [2.24, 2.45) is 0 Å². The highest BCUT2D eigenvalue weighted by Crippen LogP contribution is 2.29. The van der Waals surface area contributed by atoms with E-state index in [1.54, 1.807) is 18.3 Å². The van der Waals surface area contributed by atoms with Crippen LogP contribution >= 0.6 is 27.3 Å². The van der Waals surface area contributed by atoms with Gasteiger partial charge >= 0.3 is 0 Å². The molecule has 0 spiro atoms. The monoisotopic (exact) mass is 348 g/mol. The van der Waals surface area contributed by atoms with Crippen LogP contribution in [0.4, 0.5) is 5.13 Å². The van der Waals surface area contributed by atoms with Crippen LogP contribution in [0, 0.1) is 0 Å². The molecule has 0 atom stereocenters. The second-order valence-electron chi connectivity index (χ2n) is 3.95. The molecule has 0 saturated carbocycles. The Kier molecular flexibility index (Phi) is 3.66. The van der Waals surface area contributed by atoms with Crippen LogP contribution in [0.1, 0.15) is 10.6 Å². The van der Waals surface area contributed by atoms with Crippen molar-refractivity contribution in [3.63, 3.8) is 0 Å². The predicted molar refractivity (Wildman–Crippen MR) is 81.9 cm³/mol. The van der Waals surface area contributed by atoms with Crippen LogP contribution in [0.2, 0.25) is 0 Å². The number of anilines is 1. The first kappa shape index (κ1) is 13.1. The number of rotatable bonds is 3. The third-order valence-electron chi connectivity index (χ3n) is 2.58. The van der Waals surface area contributed by atoms with E-state index in [2.05, 4.69) is 26.2 Å². The van der Waals surface area contributed by atoms with Crippen molar-refractivity contribution >= 4 is 38.3 Å². The van der Waals surface area contributed by atoms with Gasteiger partial charge < -0.3 is 4.42 Å². The molecule has 0 radical (unpaired) electrons. The highest BCUT2D eigenvalue weighted by molar-refractivity contribution is 9.10. The zero-order chi connectivity index (χ0) is 13.9. The van der Waals surface area contributed by atoms with Crippen LogP contribution in [0.3, 0.4) is 0 Å². The normalized spacial score (nSPS) is 10.4. The van der Waals surface area contributed by atoms with Gasteiger partial charge in [0, 0.05) is 6.20 Å². The molecule has 20 heavy (non-hydrogen) atoms. The van der Waals surface area contributed by atoms with Gasteiger partial charge in [0.25, 0.3) is 5.91 Å². The summed E-state index contributed by atoms with van der Waals surface area (Å²) in [6, 6.07) is 13.2. The number of carbonyl (C=O) groups is 1. The van der Waals surface area contributed by atoms with Gasteiger partial charge in [0.1, 0.15) is 0 Å². The smallest absolute Gasteiger partial charge is 0.293 e. The molecule has 0 bridgehead atoms. The molecule has 1 amide bonds. The van der Waals surface area contributed by atoms with Gasteiger partial charge in [-0.3, -0.25) is 10.1 Å². The maximum absolute atomic E-state index is 11.9. The van der Waals surface area contributed by atoms with Gasteiger partial charge in [-0.05, 0) is 33.6 Å². The largest absolute Gasteiger partial charge is 0.444 e. The second kappa shape index (κ2) is 5.60. The topological polar surface area (TPSA) is 55.1 Å². The molecule has 0 aliphatic heterocycles. The molecule has 1 aromatic carbocycles. The molecule has 0 unspecified atom stereocenters. The van der Waals surface area contributed by atoms with Gasteiger partial charge in [0.2, 0.25) is 0 Å². The molecule has 2 heterocycles. The maximum Gasteiger partial charge on any atom is 0.293 e. The summed E-state index contributed by atoms with van der Waals surface area (Å²) in [4.78, 5) is 17.1. The van der Waals surface area contributed by atoms with E-state index in [0.717, 1.165) is 10.4 Å². The van der Waals surface area contributed by atoms with Crippen molar-refractivity contribution in [1.29, 1.82) is 0 Å². The molecule has 1 N–H and O–H groups in total. The van der Waals surface area contributed by atoms with E-state index in [1.165, 1.54) is 11.3 Å². The Balaban J connectivity index is 1.76. The van der Waals surface area contributed by atoms with Crippen LogP contribution in [0.15, 0.2) is 57.7 Å². The lowest BCUT2D eigenvalue weighted by Gasteiger charge is -1.97. The SMILES string of the molecule is O=C(Nc1ncc(-c2ccccc2)s1)c1ccc(Br)o1. The summed E-state index contributed by atoms with van der Waals surface area (Å²) in [5.74, 6) is -0.0713. The minimum atomic E-state index is -0.315. The fourth-order valence-electron chi connectivity index (χ4n) is 1.66. The number of aromatic nitrogens is 1. The maximum atomic E-state index is 11.9. The molecule has 100 valence electrons. The summed E-state index contributed by atoms with van der Waals surface area (Å²) in [5.41, 5.74) is 1.08. The van der Waals surface area contributed by atoms with Crippen molar-refractivity contribution in [3.8, 4) is 10.4 Å². The first-order chi connectivity index (χ1) is 9.72. The molecule has 6 heteroatoms. The molecule has 3 rings (SSSR count). The molecule has 0 fully saturated rings. The van der Waals surface area contributed by atoms with Gasteiger partial charge in [0.05, 0.1) is 4.88 Å². The molecule has 0 aliphatic rings. The molecule has 0 aliphatic carbocycles. The fraction of sp³-hybridized carbons (Fsp3) is 0. The number of halogens is 1. The fourth-order valence-corrected chi connectivity index (χ4v) is 2.79. The number of nitrogens with one attached hydrogen (secondary N) is 1. The van der Waals surface area contributed by atoms with E-state index in [1.807, 2.05) is 30.3 Å². The number of amides is 1. The van der Waals surface area contributed by atoms with E-state index in [4.69, 9.17) is 4.42 Å². The van der Waals surface area contributed by atoms with E-state index in [9.17, 15) is 4.79 Å². The summed E-state index contributed by atoms with van der Waals surface area (Å²) in [5, 5.41) is 3.26. The van der Waals surface area contributed by atoms with Crippen molar-refractivity contribution in [3.05, 3.63) is 59.1 Å². The molecule has 2 aromatic heterocycles. The summed E-state index contributed by atoms with van der Waals surface area (Å²) in [7, 11) is 0. The minimum Gasteiger partial charge on any atom is -0.444 e. The number of hydrogen-bond donors (Lipinski definition) is 1. The lowest BCUT2D eigenvalue weighted by molar-refractivity contribution is 0.0995. The number of carbonyl (C=O) groups excluding carboxylic acids is 1. The summed E-state index contributed by atoms with van der Waals surface area (Å²) in [6.45, 7) is 0. The zero-order valence-electron chi connectivity index (χ0n) is 10.2. The Morgan fingerprint density at radius 1 is 1.20 bits per heavy atom. The lowest BCUT2D eigenvalue weighted by atomic mass is 10.2. The first-order valence-electron chi connectivity index (χ1n) is 5.80. The van der Waals surface area contributed by atoms with E-state index < -0.39 is 0 Å². The highest BCUT2D eigenvalue weighted by atomic mass is 79.9. The Labute approximate surface area is 127 Å². The number of nitrogens with zero attached hydrogens (tertiary/aromatic N) is 1.